The second kappa shape index (κ2) is 4.53. The Balaban J connectivity index is 2.03. The first-order chi connectivity index (χ1) is 7.31. The van der Waals surface area contributed by atoms with Gasteiger partial charge in [-0.15, -0.1) is 0 Å². The Morgan fingerprint density at radius 2 is 2.20 bits per heavy atom. The highest BCUT2D eigenvalue weighted by Crippen LogP contribution is 2.19. The van der Waals surface area contributed by atoms with Crippen LogP contribution in [0.15, 0.2) is 18.5 Å². The summed E-state index contributed by atoms with van der Waals surface area (Å²) in [7, 11) is 1.55. The Morgan fingerprint density at radius 3 is 2.80 bits per heavy atom. The summed E-state index contributed by atoms with van der Waals surface area (Å²) in [6.07, 6.45) is 2.75. The van der Waals surface area contributed by atoms with Gasteiger partial charge in [0.05, 0.1) is 12.6 Å². The molecule has 0 bridgehead atoms. The average molecular weight is 211 g/mol. The van der Waals surface area contributed by atoms with Crippen molar-refractivity contribution in [3.05, 3.63) is 18.5 Å². The van der Waals surface area contributed by atoms with Crippen molar-refractivity contribution in [2.24, 2.45) is 0 Å². The van der Waals surface area contributed by atoms with Crippen LogP contribution >= 0.6 is 0 Å². The Kier molecular flexibility index (Phi) is 3.11. The van der Waals surface area contributed by atoms with Crippen LogP contribution in [0.2, 0.25) is 0 Å². The lowest BCUT2D eigenvalue weighted by atomic mass is 10.1. The molecule has 0 aromatic carbocycles. The largest absolute Gasteiger partial charge is 0.378 e. The quantitative estimate of drug-likeness (QED) is 0.732. The second-order valence-electron chi connectivity index (χ2n) is 3.57. The van der Waals surface area contributed by atoms with Gasteiger partial charge in [0.1, 0.15) is 6.17 Å². The molecule has 0 unspecified atom stereocenters. The number of nitrogens with zero attached hydrogens (tertiary/aromatic N) is 3. The fourth-order valence-electron chi connectivity index (χ4n) is 1.78. The van der Waals surface area contributed by atoms with Crippen LogP contribution < -0.4 is 4.90 Å². The summed E-state index contributed by atoms with van der Waals surface area (Å²) in [6.45, 7) is 1.05. The fraction of sp³-hybridized carbons (Fsp3) is 0.600. The van der Waals surface area contributed by atoms with Gasteiger partial charge in [-0.25, -0.2) is 14.4 Å². The molecule has 15 heavy (non-hydrogen) atoms. The van der Waals surface area contributed by atoms with Gasteiger partial charge in [0.2, 0.25) is 5.95 Å². The van der Waals surface area contributed by atoms with Gasteiger partial charge in [-0.2, -0.15) is 0 Å². The molecule has 2 heterocycles. The van der Waals surface area contributed by atoms with Crippen LogP contribution in [-0.2, 0) is 4.74 Å². The highest BCUT2D eigenvalue weighted by atomic mass is 19.1. The van der Waals surface area contributed by atoms with E-state index in [1.807, 2.05) is 4.90 Å². The van der Waals surface area contributed by atoms with Gasteiger partial charge in [-0.1, -0.05) is 0 Å². The van der Waals surface area contributed by atoms with Crippen molar-refractivity contribution >= 4 is 5.95 Å². The van der Waals surface area contributed by atoms with Gasteiger partial charge in [0.15, 0.2) is 0 Å². The van der Waals surface area contributed by atoms with Crippen LogP contribution in [-0.4, -0.2) is 42.4 Å². The SMILES string of the molecule is CO[C@@H]1CCN(c2ncccn2)C[C@@H]1F. The molecule has 5 heteroatoms. The zero-order valence-corrected chi connectivity index (χ0v) is 8.64. The van der Waals surface area contributed by atoms with E-state index < -0.39 is 6.17 Å². The summed E-state index contributed by atoms with van der Waals surface area (Å²) in [6, 6.07) is 1.75. The number of aromatic nitrogens is 2. The van der Waals surface area contributed by atoms with E-state index in [-0.39, 0.29) is 6.10 Å². The van der Waals surface area contributed by atoms with Gasteiger partial charge in [0.25, 0.3) is 0 Å². The number of alkyl halides is 1. The van der Waals surface area contributed by atoms with Gasteiger partial charge in [-0.3, -0.25) is 0 Å². The molecule has 0 amide bonds. The molecule has 0 spiro atoms. The molecule has 0 radical (unpaired) electrons. The Hall–Kier alpha value is -1.23. The van der Waals surface area contributed by atoms with Crippen molar-refractivity contribution in [3.63, 3.8) is 0 Å². The van der Waals surface area contributed by atoms with Crippen molar-refractivity contribution in [3.8, 4) is 0 Å². The maximum atomic E-state index is 13.6. The lowest BCUT2D eigenvalue weighted by molar-refractivity contribution is 0.0194. The maximum Gasteiger partial charge on any atom is 0.225 e. The molecule has 1 fully saturated rings. The monoisotopic (exact) mass is 211 g/mol. The van der Waals surface area contributed by atoms with Crippen LogP contribution in [0.25, 0.3) is 0 Å². The van der Waals surface area contributed by atoms with E-state index in [2.05, 4.69) is 9.97 Å². The van der Waals surface area contributed by atoms with Crippen molar-refractivity contribution in [1.29, 1.82) is 0 Å². The molecule has 1 saturated heterocycles. The first-order valence-corrected chi connectivity index (χ1v) is 5.00. The van der Waals surface area contributed by atoms with E-state index in [9.17, 15) is 4.39 Å². The van der Waals surface area contributed by atoms with E-state index in [1.165, 1.54) is 0 Å². The normalized spacial score (nSPS) is 26.7. The maximum absolute atomic E-state index is 13.6. The molecular weight excluding hydrogens is 197 g/mol. The fourth-order valence-corrected chi connectivity index (χ4v) is 1.78. The lowest BCUT2D eigenvalue weighted by Gasteiger charge is -2.33. The van der Waals surface area contributed by atoms with Crippen LogP contribution in [0, 0.1) is 0 Å². The second-order valence-corrected chi connectivity index (χ2v) is 3.57. The molecule has 1 aromatic rings. The number of anilines is 1. The molecular formula is C10H14FN3O. The van der Waals surface area contributed by atoms with Crippen LogP contribution in [0.3, 0.4) is 0 Å². The minimum absolute atomic E-state index is 0.287. The number of methoxy groups -OCH3 is 1. The number of rotatable bonds is 2. The Morgan fingerprint density at radius 1 is 1.47 bits per heavy atom. The molecule has 0 aliphatic carbocycles. The van der Waals surface area contributed by atoms with Gasteiger partial charge in [-0.05, 0) is 12.5 Å². The molecule has 0 N–H and O–H groups in total. The topological polar surface area (TPSA) is 38.2 Å². The van der Waals surface area contributed by atoms with Crippen molar-refractivity contribution < 1.29 is 9.13 Å². The number of hydrogen-bond donors (Lipinski definition) is 0. The predicted molar refractivity (Wildman–Crippen MR) is 54.6 cm³/mol. The van der Waals surface area contributed by atoms with Crippen LogP contribution in [0.4, 0.5) is 10.3 Å². The summed E-state index contributed by atoms with van der Waals surface area (Å²) >= 11 is 0. The first-order valence-electron chi connectivity index (χ1n) is 5.00. The molecule has 0 saturated carbocycles. The summed E-state index contributed by atoms with van der Waals surface area (Å²) in [4.78, 5) is 10.0. The molecule has 2 rings (SSSR count). The highest BCUT2D eigenvalue weighted by Gasteiger charge is 2.29. The van der Waals surface area contributed by atoms with Crippen molar-refractivity contribution in [1.82, 2.24) is 9.97 Å². The first kappa shape index (κ1) is 10.3. The molecule has 2 atom stereocenters. The minimum atomic E-state index is -0.965. The zero-order valence-electron chi connectivity index (χ0n) is 8.64. The van der Waals surface area contributed by atoms with Gasteiger partial charge >= 0.3 is 0 Å². The van der Waals surface area contributed by atoms with E-state index >= 15 is 0 Å². The molecule has 1 aromatic heterocycles. The Bertz CT molecular complexity index is 309. The van der Waals surface area contributed by atoms with Crippen LogP contribution in [0.1, 0.15) is 6.42 Å². The molecule has 1 aliphatic rings. The van der Waals surface area contributed by atoms with Crippen molar-refractivity contribution in [2.75, 3.05) is 25.1 Å². The lowest BCUT2D eigenvalue weighted by Crippen LogP contribution is -2.46. The highest BCUT2D eigenvalue weighted by molar-refractivity contribution is 5.29. The Labute approximate surface area is 88.1 Å². The number of halogens is 1. The van der Waals surface area contributed by atoms with Crippen molar-refractivity contribution in [2.45, 2.75) is 18.7 Å². The summed E-state index contributed by atoms with van der Waals surface area (Å²) in [5, 5.41) is 0. The predicted octanol–water partition coefficient (Wildman–Crippen LogP) is 1.04. The van der Waals surface area contributed by atoms with Crippen LogP contribution in [0.5, 0.6) is 0 Å². The minimum Gasteiger partial charge on any atom is -0.378 e. The molecule has 1 aliphatic heterocycles. The summed E-state index contributed by atoms with van der Waals surface area (Å²) in [5.74, 6) is 0.592. The smallest absolute Gasteiger partial charge is 0.225 e. The van der Waals surface area contributed by atoms with E-state index in [0.29, 0.717) is 18.9 Å². The summed E-state index contributed by atoms with van der Waals surface area (Å²) < 4.78 is 18.6. The third kappa shape index (κ3) is 2.23. The third-order valence-corrected chi connectivity index (χ3v) is 2.62. The van der Waals surface area contributed by atoms with Gasteiger partial charge in [0, 0.05) is 26.0 Å². The number of ether oxygens (including phenoxy) is 1. The zero-order chi connectivity index (χ0) is 10.7. The molecule has 82 valence electrons. The summed E-state index contributed by atoms with van der Waals surface area (Å²) in [5.41, 5.74) is 0. The molecule has 4 nitrogen and oxygen atoms in total. The third-order valence-electron chi connectivity index (χ3n) is 2.62. The van der Waals surface area contributed by atoms with E-state index in [1.54, 1.807) is 25.6 Å². The standard InChI is InChI=1S/C10H14FN3O/c1-15-9-3-6-14(7-8(9)11)10-12-4-2-5-13-10/h2,4-5,8-9H,3,6-7H2,1H3/t8-,9+/m0/s1. The number of hydrogen-bond acceptors (Lipinski definition) is 4. The average Bonchev–Trinajstić information content (AvgIpc) is 2.30. The van der Waals surface area contributed by atoms with Gasteiger partial charge < -0.3 is 9.64 Å². The van der Waals surface area contributed by atoms with E-state index in [0.717, 1.165) is 6.54 Å². The number of piperidine rings is 1. The van der Waals surface area contributed by atoms with E-state index in [4.69, 9.17) is 4.74 Å².